The van der Waals surface area contributed by atoms with E-state index in [2.05, 4.69) is 6.92 Å². The number of hydrogen-bond donors (Lipinski definition) is 1. The summed E-state index contributed by atoms with van der Waals surface area (Å²) in [5.74, 6) is 1.64. The van der Waals surface area contributed by atoms with Crippen LogP contribution in [-0.2, 0) is 0 Å². The lowest BCUT2D eigenvalue weighted by atomic mass is 9.88. The Labute approximate surface area is 69.8 Å². The highest BCUT2D eigenvalue weighted by molar-refractivity contribution is 4.73. The molecule has 11 heavy (non-hydrogen) atoms. The maximum absolute atomic E-state index is 9.18. The second kappa shape index (κ2) is 4.10. The number of aliphatic hydroxyl groups excluding tert-OH is 1. The van der Waals surface area contributed by atoms with E-state index in [1.165, 1.54) is 25.7 Å². The highest BCUT2D eigenvalue weighted by Gasteiger charge is 2.21. The van der Waals surface area contributed by atoms with Crippen molar-refractivity contribution < 1.29 is 5.11 Å². The molecule has 1 N–H and O–H groups in total. The lowest BCUT2D eigenvalue weighted by molar-refractivity contribution is 0.146. The largest absolute Gasteiger partial charge is 0.393 e. The lowest BCUT2D eigenvalue weighted by Gasteiger charge is -2.19. The van der Waals surface area contributed by atoms with Crippen LogP contribution in [0.5, 0.6) is 0 Å². The van der Waals surface area contributed by atoms with Gasteiger partial charge in [-0.1, -0.05) is 32.6 Å². The van der Waals surface area contributed by atoms with Crippen LogP contribution in [0.3, 0.4) is 0 Å². The average molecular weight is 156 g/mol. The van der Waals surface area contributed by atoms with Crippen molar-refractivity contribution in [1.29, 1.82) is 0 Å². The van der Waals surface area contributed by atoms with E-state index >= 15 is 0 Å². The maximum Gasteiger partial charge on any atom is 0.0514 e. The van der Waals surface area contributed by atoms with Crippen molar-refractivity contribution in [2.24, 2.45) is 11.8 Å². The molecule has 0 aromatic heterocycles. The topological polar surface area (TPSA) is 20.2 Å². The highest BCUT2D eigenvalue weighted by atomic mass is 16.3. The second-order valence-electron chi connectivity index (χ2n) is 4.11. The van der Waals surface area contributed by atoms with Crippen molar-refractivity contribution in [1.82, 2.24) is 0 Å². The number of rotatable bonds is 3. The molecule has 1 aliphatic rings. The van der Waals surface area contributed by atoms with Gasteiger partial charge in [-0.15, -0.1) is 0 Å². The SMILES string of the molecule is CC(O)CC(C)C1CCCC1. The van der Waals surface area contributed by atoms with Crippen molar-refractivity contribution in [3.8, 4) is 0 Å². The normalized spacial score (nSPS) is 25.4. The molecule has 1 aliphatic carbocycles. The molecule has 1 heteroatoms. The summed E-state index contributed by atoms with van der Waals surface area (Å²) in [6.45, 7) is 4.17. The van der Waals surface area contributed by atoms with Gasteiger partial charge >= 0.3 is 0 Å². The Kier molecular flexibility index (Phi) is 3.38. The predicted molar refractivity (Wildman–Crippen MR) is 47.4 cm³/mol. The van der Waals surface area contributed by atoms with Gasteiger partial charge in [0.1, 0.15) is 0 Å². The van der Waals surface area contributed by atoms with E-state index < -0.39 is 0 Å². The van der Waals surface area contributed by atoms with Crippen LogP contribution in [0.25, 0.3) is 0 Å². The summed E-state index contributed by atoms with van der Waals surface area (Å²) >= 11 is 0. The standard InChI is InChI=1S/C10H20O/c1-8(7-9(2)11)10-5-3-4-6-10/h8-11H,3-7H2,1-2H3. The van der Waals surface area contributed by atoms with E-state index in [-0.39, 0.29) is 6.10 Å². The Balaban J connectivity index is 2.22. The smallest absolute Gasteiger partial charge is 0.0514 e. The van der Waals surface area contributed by atoms with Crippen LogP contribution < -0.4 is 0 Å². The summed E-state index contributed by atoms with van der Waals surface area (Å²) in [5.41, 5.74) is 0. The summed E-state index contributed by atoms with van der Waals surface area (Å²) in [7, 11) is 0. The first-order valence-corrected chi connectivity index (χ1v) is 4.88. The number of aliphatic hydroxyl groups is 1. The Morgan fingerprint density at radius 1 is 1.27 bits per heavy atom. The second-order valence-corrected chi connectivity index (χ2v) is 4.11. The van der Waals surface area contributed by atoms with E-state index in [1.807, 2.05) is 6.92 Å². The molecule has 0 aromatic rings. The van der Waals surface area contributed by atoms with Gasteiger partial charge in [-0.3, -0.25) is 0 Å². The quantitative estimate of drug-likeness (QED) is 0.666. The maximum atomic E-state index is 9.18. The fourth-order valence-corrected chi connectivity index (χ4v) is 2.26. The molecule has 0 aromatic carbocycles. The van der Waals surface area contributed by atoms with Crippen LogP contribution in [0.15, 0.2) is 0 Å². The third-order valence-corrected chi connectivity index (χ3v) is 2.92. The molecule has 2 unspecified atom stereocenters. The Morgan fingerprint density at radius 3 is 2.27 bits per heavy atom. The Bertz CT molecular complexity index is 103. The zero-order chi connectivity index (χ0) is 8.27. The summed E-state index contributed by atoms with van der Waals surface area (Å²) in [5, 5.41) is 9.18. The van der Waals surface area contributed by atoms with Crippen molar-refractivity contribution in [3.05, 3.63) is 0 Å². The molecule has 0 bridgehead atoms. The summed E-state index contributed by atoms with van der Waals surface area (Å²) < 4.78 is 0. The molecular formula is C10H20O. The minimum Gasteiger partial charge on any atom is -0.393 e. The molecule has 0 heterocycles. The first-order valence-electron chi connectivity index (χ1n) is 4.88. The first kappa shape index (κ1) is 9.05. The molecule has 1 rings (SSSR count). The van der Waals surface area contributed by atoms with E-state index in [1.54, 1.807) is 0 Å². The predicted octanol–water partition coefficient (Wildman–Crippen LogP) is 2.58. The van der Waals surface area contributed by atoms with Crippen LogP contribution in [0.1, 0.15) is 46.0 Å². The summed E-state index contributed by atoms with van der Waals surface area (Å²) in [4.78, 5) is 0. The lowest BCUT2D eigenvalue weighted by Crippen LogP contribution is -2.14. The third-order valence-electron chi connectivity index (χ3n) is 2.92. The average Bonchev–Trinajstić information content (AvgIpc) is 2.35. The molecule has 1 nitrogen and oxygen atoms in total. The van der Waals surface area contributed by atoms with Crippen molar-refractivity contribution >= 4 is 0 Å². The molecule has 0 saturated heterocycles. The Hall–Kier alpha value is -0.0400. The van der Waals surface area contributed by atoms with Gasteiger partial charge in [-0.25, -0.2) is 0 Å². The summed E-state index contributed by atoms with van der Waals surface area (Å²) in [6, 6.07) is 0. The van der Waals surface area contributed by atoms with Gasteiger partial charge in [0.15, 0.2) is 0 Å². The zero-order valence-corrected chi connectivity index (χ0v) is 7.71. The molecule has 2 atom stereocenters. The third kappa shape index (κ3) is 2.82. The van der Waals surface area contributed by atoms with Gasteiger partial charge in [-0.05, 0) is 25.2 Å². The minimum atomic E-state index is -0.106. The first-order chi connectivity index (χ1) is 5.20. The molecule has 0 aliphatic heterocycles. The van der Waals surface area contributed by atoms with E-state index in [4.69, 9.17) is 0 Å². The van der Waals surface area contributed by atoms with Crippen molar-refractivity contribution in [3.63, 3.8) is 0 Å². The van der Waals surface area contributed by atoms with Gasteiger partial charge in [-0.2, -0.15) is 0 Å². The molecule has 0 amide bonds. The van der Waals surface area contributed by atoms with Crippen LogP contribution >= 0.6 is 0 Å². The van der Waals surface area contributed by atoms with E-state index in [0.717, 1.165) is 18.3 Å². The van der Waals surface area contributed by atoms with Crippen LogP contribution in [0.2, 0.25) is 0 Å². The molecular weight excluding hydrogens is 136 g/mol. The van der Waals surface area contributed by atoms with Gasteiger partial charge in [0.25, 0.3) is 0 Å². The summed E-state index contributed by atoms with van der Waals surface area (Å²) in [6.07, 6.45) is 6.50. The van der Waals surface area contributed by atoms with Crippen LogP contribution in [0, 0.1) is 11.8 Å². The van der Waals surface area contributed by atoms with Crippen molar-refractivity contribution in [2.75, 3.05) is 0 Å². The monoisotopic (exact) mass is 156 g/mol. The number of hydrogen-bond acceptors (Lipinski definition) is 1. The molecule has 1 saturated carbocycles. The molecule has 0 radical (unpaired) electrons. The van der Waals surface area contributed by atoms with Crippen LogP contribution in [0.4, 0.5) is 0 Å². The van der Waals surface area contributed by atoms with Gasteiger partial charge in [0, 0.05) is 0 Å². The van der Waals surface area contributed by atoms with Gasteiger partial charge in [0.05, 0.1) is 6.10 Å². The Morgan fingerprint density at radius 2 is 1.82 bits per heavy atom. The van der Waals surface area contributed by atoms with Gasteiger partial charge < -0.3 is 5.11 Å². The van der Waals surface area contributed by atoms with Crippen molar-refractivity contribution in [2.45, 2.75) is 52.1 Å². The molecule has 0 spiro atoms. The molecule has 66 valence electrons. The van der Waals surface area contributed by atoms with Crippen LogP contribution in [-0.4, -0.2) is 11.2 Å². The molecule has 1 fully saturated rings. The fourth-order valence-electron chi connectivity index (χ4n) is 2.26. The minimum absolute atomic E-state index is 0.106. The zero-order valence-electron chi connectivity index (χ0n) is 7.71. The highest BCUT2D eigenvalue weighted by Crippen LogP contribution is 2.33. The van der Waals surface area contributed by atoms with E-state index in [9.17, 15) is 5.11 Å². The fraction of sp³-hybridized carbons (Fsp3) is 1.00. The van der Waals surface area contributed by atoms with Gasteiger partial charge in [0.2, 0.25) is 0 Å². The van der Waals surface area contributed by atoms with E-state index in [0.29, 0.717) is 0 Å².